The standard InChI is InChI=1S/C21H30N4O.ClH/c1-3-7-19-15-26-16-20-14-24(10-11-25(19)20)13-18-12-23(2)22-21(18)17-8-5-4-6-9-17;/h4-6,8-9,12,19-20H,3,7,10-11,13-16H2,1-2H3;1H/t19-,20+;/m0./s1. The third-order valence-electron chi connectivity index (χ3n) is 5.67. The minimum Gasteiger partial charge on any atom is -0.378 e. The zero-order valence-electron chi connectivity index (χ0n) is 16.4. The van der Waals surface area contributed by atoms with Gasteiger partial charge >= 0.3 is 0 Å². The summed E-state index contributed by atoms with van der Waals surface area (Å²) in [7, 11) is 2.01. The summed E-state index contributed by atoms with van der Waals surface area (Å²) >= 11 is 0. The molecular formula is C21H31ClN4O. The number of fused-ring (bicyclic) bond motifs is 1. The molecule has 1 aromatic carbocycles. The molecule has 2 saturated heterocycles. The van der Waals surface area contributed by atoms with Crippen LogP contribution < -0.4 is 0 Å². The Bertz CT molecular complexity index is 718. The molecular weight excluding hydrogens is 360 g/mol. The Labute approximate surface area is 168 Å². The molecule has 2 aliphatic heterocycles. The Morgan fingerprint density at radius 3 is 2.74 bits per heavy atom. The summed E-state index contributed by atoms with van der Waals surface area (Å²) in [6.45, 7) is 8.37. The Kier molecular flexibility index (Phi) is 6.93. The van der Waals surface area contributed by atoms with Crippen molar-refractivity contribution in [1.29, 1.82) is 0 Å². The molecule has 0 aliphatic carbocycles. The topological polar surface area (TPSA) is 33.5 Å². The van der Waals surface area contributed by atoms with Gasteiger partial charge in [-0.3, -0.25) is 14.5 Å². The lowest BCUT2D eigenvalue weighted by atomic mass is 10.0. The molecule has 5 nitrogen and oxygen atoms in total. The van der Waals surface area contributed by atoms with Gasteiger partial charge in [0.2, 0.25) is 0 Å². The van der Waals surface area contributed by atoms with Crippen LogP contribution in [0.25, 0.3) is 11.3 Å². The van der Waals surface area contributed by atoms with Crippen LogP contribution in [0.5, 0.6) is 0 Å². The SMILES string of the molecule is CCC[C@H]1COC[C@H]2CN(Cc3cn(C)nc3-c3ccccc3)CCN12.Cl. The number of nitrogens with zero attached hydrogens (tertiary/aromatic N) is 4. The van der Waals surface area contributed by atoms with Gasteiger partial charge in [-0.15, -0.1) is 12.4 Å². The molecule has 4 rings (SSSR count). The van der Waals surface area contributed by atoms with Crippen LogP contribution in [0.4, 0.5) is 0 Å². The quantitative estimate of drug-likeness (QED) is 0.785. The van der Waals surface area contributed by atoms with Gasteiger partial charge in [0.15, 0.2) is 0 Å². The molecule has 2 atom stereocenters. The molecule has 2 fully saturated rings. The summed E-state index contributed by atoms with van der Waals surface area (Å²) in [5, 5.41) is 4.72. The van der Waals surface area contributed by atoms with Crippen LogP contribution in [0, 0.1) is 0 Å². The number of aromatic nitrogens is 2. The average molecular weight is 391 g/mol. The second-order valence-electron chi connectivity index (χ2n) is 7.65. The maximum atomic E-state index is 5.92. The lowest BCUT2D eigenvalue weighted by molar-refractivity contribution is -0.0840. The molecule has 3 heterocycles. The number of piperazine rings is 1. The van der Waals surface area contributed by atoms with Crippen molar-refractivity contribution < 1.29 is 4.74 Å². The van der Waals surface area contributed by atoms with Crippen molar-refractivity contribution in [2.24, 2.45) is 7.05 Å². The number of hydrogen-bond acceptors (Lipinski definition) is 4. The smallest absolute Gasteiger partial charge is 0.0968 e. The number of morpholine rings is 1. The minimum absolute atomic E-state index is 0. The van der Waals surface area contributed by atoms with E-state index in [0.717, 1.165) is 45.1 Å². The van der Waals surface area contributed by atoms with Crippen LogP contribution in [0.1, 0.15) is 25.3 Å². The zero-order valence-corrected chi connectivity index (χ0v) is 17.2. The molecule has 0 saturated carbocycles. The molecule has 27 heavy (non-hydrogen) atoms. The summed E-state index contributed by atoms with van der Waals surface area (Å²) in [5.74, 6) is 0. The number of ether oxygens (including phenoxy) is 1. The molecule has 6 heteroatoms. The Balaban J connectivity index is 0.00000210. The van der Waals surface area contributed by atoms with Crippen LogP contribution in [0.3, 0.4) is 0 Å². The average Bonchev–Trinajstić information content (AvgIpc) is 3.03. The van der Waals surface area contributed by atoms with Gasteiger partial charge in [0.25, 0.3) is 0 Å². The van der Waals surface area contributed by atoms with Gasteiger partial charge < -0.3 is 4.74 Å². The second kappa shape index (κ2) is 9.20. The first kappa shape index (κ1) is 20.3. The van der Waals surface area contributed by atoms with Gasteiger partial charge in [0.05, 0.1) is 18.9 Å². The van der Waals surface area contributed by atoms with E-state index >= 15 is 0 Å². The molecule has 0 unspecified atom stereocenters. The van der Waals surface area contributed by atoms with E-state index in [2.05, 4.69) is 53.3 Å². The highest BCUT2D eigenvalue weighted by atomic mass is 35.5. The molecule has 0 radical (unpaired) electrons. The van der Waals surface area contributed by atoms with Gasteiger partial charge in [-0.25, -0.2) is 0 Å². The van der Waals surface area contributed by atoms with Gasteiger partial charge in [-0.05, 0) is 6.42 Å². The first-order valence-electron chi connectivity index (χ1n) is 9.88. The highest BCUT2D eigenvalue weighted by Crippen LogP contribution is 2.26. The van der Waals surface area contributed by atoms with Crippen LogP contribution in [0.15, 0.2) is 36.5 Å². The molecule has 0 amide bonds. The first-order valence-corrected chi connectivity index (χ1v) is 9.88. The third kappa shape index (κ3) is 4.54. The number of hydrogen-bond donors (Lipinski definition) is 0. The van der Waals surface area contributed by atoms with Crippen molar-refractivity contribution >= 4 is 12.4 Å². The van der Waals surface area contributed by atoms with Crippen LogP contribution >= 0.6 is 12.4 Å². The predicted molar refractivity (Wildman–Crippen MR) is 111 cm³/mol. The van der Waals surface area contributed by atoms with Crippen molar-refractivity contribution in [3.8, 4) is 11.3 Å². The van der Waals surface area contributed by atoms with E-state index < -0.39 is 0 Å². The van der Waals surface area contributed by atoms with Crippen molar-refractivity contribution in [3.05, 3.63) is 42.1 Å². The Morgan fingerprint density at radius 2 is 1.96 bits per heavy atom. The maximum Gasteiger partial charge on any atom is 0.0968 e. The summed E-state index contributed by atoms with van der Waals surface area (Å²) in [5.41, 5.74) is 3.62. The molecule has 2 aliphatic rings. The van der Waals surface area contributed by atoms with E-state index in [9.17, 15) is 0 Å². The normalized spacial score (nSPS) is 23.6. The van der Waals surface area contributed by atoms with Gasteiger partial charge in [-0.1, -0.05) is 43.7 Å². The molecule has 1 aromatic heterocycles. The summed E-state index contributed by atoms with van der Waals surface area (Å²) in [4.78, 5) is 5.27. The van der Waals surface area contributed by atoms with E-state index in [4.69, 9.17) is 9.84 Å². The first-order chi connectivity index (χ1) is 12.7. The fourth-order valence-electron chi connectivity index (χ4n) is 4.46. The zero-order chi connectivity index (χ0) is 17.9. The number of benzene rings is 1. The summed E-state index contributed by atoms with van der Waals surface area (Å²) in [6.07, 6.45) is 4.65. The van der Waals surface area contributed by atoms with Gasteiger partial charge in [0.1, 0.15) is 0 Å². The number of aryl methyl sites for hydroxylation is 1. The largest absolute Gasteiger partial charge is 0.378 e. The predicted octanol–water partition coefficient (Wildman–Crippen LogP) is 3.19. The highest BCUT2D eigenvalue weighted by Gasteiger charge is 2.35. The monoisotopic (exact) mass is 390 g/mol. The molecule has 0 bridgehead atoms. The number of halogens is 1. The van der Waals surface area contributed by atoms with Crippen molar-refractivity contribution in [1.82, 2.24) is 19.6 Å². The molecule has 0 N–H and O–H groups in total. The summed E-state index contributed by atoms with van der Waals surface area (Å²) in [6, 6.07) is 11.7. The molecule has 2 aromatic rings. The van der Waals surface area contributed by atoms with Crippen molar-refractivity contribution in [2.45, 2.75) is 38.4 Å². The second-order valence-corrected chi connectivity index (χ2v) is 7.65. The maximum absolute atomic E-state index is 5.92. The van der Waals surface area contributed by atoms with Gasteiger partial charge in [-0.2, -0.15) is 5.10 Å². The highest BCUT2D eigenvalue weighted by molar-refractivity contribution is 5.85. The fraction of sp³-hybridized carbons (Fsp3) is 0.571. The van der Waals surface area contributed by atoms with E-state index in [0.29, 0.717) is 12.1 Å². The number of rotatable bonds is 5. The van der Waals surface area contributed by atoms with E-state index in [1.807, 2.05) is 11.7 Å². The van der Waals surface area contributed by atoms with E-state index in [1.165, 1.54) is 24.0 Å². The van der Waals surface area contributed by atoms with Crippen LogP contribution in [0.2, 0.25) is 0 Å². The minimum atomic E-state index is 0. The third-order valence-corrected chi connectivity index (χ3v) is 5.67. The Hall–Kier alpha value is -1.40. The van der Waals surface area contributed by atoms with E-state index in [1.54, 1.807) is 0 Å². The van der Waals surface area contributed by atoms with Crippen molar-refractivity contribution in [3.63, 3.8) is 0 Å². The molecule has 0 spiro atoms. The lowest BCUT2D eigenvalue weighted by Crippen LogP contribution is -2.61. The van der Waals surface area contributed by atoms with Crippen molar-refractivity contribution in [2.75, 3.05) is 32.8 Å². The summed E-state index contributed by atoms with van der Waals surface area (Å²) < 4.78 is 7.85. The fourth-order valence-corrected chi connectivity index (χ4v) is 4.46. The van der Waals surface area contributed by atoms with Crippen LogP contribution in [-0.2, 0) is 18.3 Å². The Morgan fingerprint density at radius 1 is 1.15 bits per heavy atom. The lowest BCUT2D eigenvalue weighted by Gasteiger charge is -2.48. The molecule has 148 valence electrons. The van der Waals surface area contributed by atoms with E-state index in [-0.39, 0.29) is 12.4 Å². The van der Waals surface area contributed by atoms with Gasteiger partial charge in [0, 0.05) is 62.6 Å². The van der Waals surface area contributed by atoms with Crippen LogP contribution in [-0.4, -0.2) is 64.5 Å².